The fourth-order valence-corrected chi connectivity index (χ4v) is 4.84. The lowest BCUT2D eigenvalue weighted by molar-refractivity contribution is 0.0963. The Labute approximate surface area is 145 Å². The van der Waals surface area contributed by atoms with Gasteiger partial charge in [0.25, 0.3) is 5.91 Å². The average Bonchev–Trinajstić information content (AvgIpc) is 3.15. The lowest BCUT2D eigenvalue weighted by atomic mass is 10.2. The van der Waals surface area contributed by atoms with Crippen LogP contribution in [0, 0.1) is 0 Å². The third kappa shape index (κ3) is 3.66. The number of carbonyl (C=O) groups is 1. The zero-order valence-corrected chi connectivity index (χ0v) is 15.0. The standard InChI is InChI=1S/C16H19N3O3S2/c1-17-16(20)11-5-7-12(8-6-11)24(21,22)18-10-9-15-19-13-3-2-4-14(13)23-15/h5-8,18H,2-4,9-10H2,1H3,(H,17,20). The monoisotopic (exact) mass is 365 g/mol. The number of nitrogens with zero attached hydrogens (tertiary/aromatic N) is 1. The molecule has 128 valence electrons. The highest BCUT2D eigenvalue weighted by Gasteiger charge is 2.18. The maximum atomic E-state index is 12.3. The lowest BCUT2D eigenvalue weighted by Crippen LogP contribution is -2.26. The zero-order valence-electron chi connectivity index (χ0n) is 13.3. The molecule has 0 fully saturated rings. The van der Waals surface area contributed by atoms with Gasteiger partial charge in [-0.2, -0.15) is 0 Å². The molecule has 1 aliphatic carbocycles. The highest BCUT2D eigenvalue weighted by Crippen LogP contribution is 2.27. The van der Waals surface area contributed by atoms with E-state index in [4.69, 9.17) is 0 Å². The van der Waals surface area contributed by atoms with Gasteiger partial charge < -0.3 is 5.32 Å². The number of aryl methyl sites for hydroxylation is 2. The second-order valence-electron chi connectivity index (χ2n) is 5.58. The predicted molar refractivity (Wildman–Crippen MR) is 92.9 cm³/mol. The lowest BCUT2D eigenvalue weighted by Gasteiger charge is -2.07. The molecule has 2 N–H and O–H groups in total. The number of nitrogens with one attached hydrogen (secondary N) is 2. The number of amides is 1. The maximum absolute atomic E-state index is 12.3. The fourth-order valence-electron chi connectivity index (χ4n) is 2.66. The fraction of sp³-hybridized carbons (Fsp3) is 0.375. The van der Waals surface area contributed by atoms with Crippen LogP contribution in [0.15, 0.2) is 29.2 Å². The Balaban J connectivity index is 1.59. The number of aromatic nitrogens is 1. The second kappa shape index (κ2) is 7.00. The minimum Gasteiger partial charge on any atom is -0.355 e. The molecule has 1 amide bonds. The molecule has 0 spiro atoms. The van der Waals surface area contributed by atoms with E-state index in [2.05, 4.69) is 15.0 Å². The summed E-state index contributed by atoms with van der Waals surface area (Å²) in [5.74, 6) is -0.247. The minimum atomic E-state index is -3.58. The van der Waals surface area contributed by atoms with E-state index in [1.807, 2.05) is 0 Å². The second-order valence-corrected chi connectivity index (χ2v) is 8.52. The third-order valence-corrected chi connectivity index (χ3v) is 6.62. The maximum Gasteiger partial charge on any atom is 0.251 e. The average molecular weight is 365 g/mol. The number of benzene rings is 1. The van der Waals surface area contributed by atoms with E-state index in [1.54, 1.807) is 11.3 Å². The first-order valence-electron chi connectivity index (χ1n) is 7.79. The van der Waals surface area contributed by atoms with Crippen molar-refractivity contribution in [2.75, 3.05) is 13.6 Å². The molecule has 2 aromatic rings. The molecule has 8 heteroatoms. The molecule has 6 nitrogen and oxygen atoms in total. The van der Waals surface area contributed by atoms with Crippen molar-refractivity contribution in [3.05, 3.63) is 45.4 Å². The van der Waals surface area contributed by atoms with Crippen LogP contribution < -0.4 is 10.0 Å². The van der Waals surface area contributed by atoms with Crippen molar-refractivity contribution in [1.29, 1.82) is 0 Å². The van der Waals surface area contributed by atoms with E-state index in [-0.39, 0.29) is 10.8 Å². The Hall–Kier alpha value is -1.77. The summed E-state index contributed by atoms with van der Waals surface area (Å²) in [7, 11) is -2.05. The van der Waals surface area contributed by atoms with Gasteiger partial charge in [0.2, 0.25) is 10.0 Å². The van der Waals surface area contributed by atoms with Gasteiger partial charge in [0, 0.05) is 30.5 Å². The van der Waals surface area contributed by atoms with Crippen LogP contribution in [0.5, 0.6) is 0 Å². The Morgan fingerprint density at radius 2 is 2.00 bits per heavy atom. The first-order valence-corrected chi connectivity index (χ1v) is 10.1. The summed E-state index contributed by atoms with van der Waals surface area (Å²) in [5.41, 5.74) is 1.61. The quantitative estimate of drug-likeness (QED) is 0.812. The van der Waals surface area contributed by atoms with Gasteiger partial charge in [-0.3, -0.25) is 4.79 Å². The van der Waals surface area contributed by atoms with Gasteiger partial charge in [0.1, 0.15) is 0 Å². The highest BCUT2D eigenvalue weighted by molar-refractivity contribution is 7.89. The van der Waals surface area contributed by atoms with Gasteiger partial charge in [-0.1, -0.05) is 0 Å². The highest BCUT2D eigenvalue weighted by atomic mass is 32.2. The summed E-state index contributed by atoms with van der Waals surface area (Å²) < 4.78 is 27.2. The van der Waals surface area contributed by atoms with Crippen LogP contribution in [-0.4, -0.2) is 32.9 Å². The van der Waals surface area contributed by atoms with E-state index >= 15 is 0 Å². The molecule has 0 atom stereocenters. The summed E-state index contributed by atoms with van der Waals surface area (Å²) in [5, 5.41) is 3.48. The number of rotatable bonds is 6. The SMILES string of the molecule is CNC(=O)c1ccc(S(=O)(=O)NCCc2nc3c(s2)CCC3)cc1. The van der Waals surface area contributed by atoms with Crippen LogP contribution in [0.3, 0.4) is 0 Å². The van der Waals surface area contributed by atoms with E-state index in [0.717, 1.165) is 17.8 Å². The summed E-state index contributed by atoms with van der Waals surface area (Å²) in [6.07, 6.45) is 3.89. The summed E-state index contributed by atoms with van der Waals surface area (Å²) >= 11 is 1.69. The molecular formula is C16H19N3O3S2. The molecule has 24 heavy (non-hydrogen) atoms. The first-order chi connectivity index (χ1) is 11.5. The van der Waals surface area contributed by atoms with Crippen LogP contribution in [0.2, 0.25) is 0 Å². The van der Waals surface area contributed by atoms with E-state index in [1.165, 1.54) is 48.3 Å². The van der Waals surface area contributed by atoms with Crippen molar-refractivity contribution in [2.24, 2.45) is 0 Å². The van der Waals surface area contributed by atoms with Crippen molar-refractivity contribution in [2.45, 2.75) is 30.6 Å². The smallest absolute Gasteiger partial charge is 0.251 e. The van der Waals surface area contributed by atoms with Crippen LogP contribution in [0.4, 0.5) is 0 Å². The normalized spacial score (nSPS) is 13.7. The Kier molecular flexibility index (Phi) is 4.98. The molecule has 0 saturated carbocycles. The molecule has 0 radical (unpaired) electrons. The molecule has 0 bridgehead atoms. The van der Waals surface area contributed by atoms with Crippen molar-refractivity contribution in [3.63, 3.8) is 0 Å². The molecule has 0 saturated heterocycles. The van der Waals surface area contributed by atoms with Gasteiger partial charge in [0.05, 0.1) is 15.6 Å². The topological polar surface area (TPSA) is 88.2 Å². The molecule has 0 unspecified atom stereocenters. The van der Waals surface area contributed by atoms with Crippen molar-refractivity contribution < 1.29 is 13.2 Å². The van der Waals surface area contributed by atoms with Gasteiger partial charge in [-0.25, -0.2) is 18.1 Å². The van der Waals surface area contributed by atoms with Gasteiger partial charge in [-0.05, 0) is 43.5 Å². The zero-order chi connectivity index (χ0) is 17.2. The molecule has 1 aromatic carbocycles. The van der Waals surface area contributed by atoms with Gasteiger partial charge in [0.15, 0.2) is 0 Å². The Morgan fingerprint density at radius 1 is 1.25 bits per heavy atom. The van der Waals surface area contributed by atoms with Gasteiger partial charge >= 0.3 is 0 Å². The number of thiazole rings is 1. The predicted octanol–water partition coefficient (Wildman–Crippen LogP) is 1.51. The van der Waals surface area contributed by atoms with Crippen LogP contribution in [-0.2, 0) is 29.3 Å². The third-order valence-electron chi connectivity index (χ3n) is 3.92. The van der Waals surface area contributed by atoms with Crippen LogP contribution >= 0.6 is 11.3 Å². The van der Waals surface area contributed by atoms with E-state index < -0.39 is 10.0 Å². The van der Waals surface area contributed by atoms with Crippen molar-refractivity contribution in [1.82, 2.24) is 15.0 Å². The van der Waals surface area contributed by atoms with E-state index in [0.29, 0.717) is 18.5 Å². The van der Waals surface area contributed by atoms with Crippen molar-refractivity contribution in [3.8, 4) is 0 Å². The van der Waals surface area contributed by atoms with Crippen molar-refractivity contribution >= 4 is 27.3 Å². The molecular weight excluding hydrogens is 346 g/mol. The Morgan fingerprint density at radius 3 is 2.67 bits per heavy atom. The summed E-state index contributed by atoms with van der Waals surface area (Å²) in [6, 6.07) is 5.87. The number of hydrogen-bond acceptors (Lipinski definition) is 5. The number of sulfonamides is 1. The largest absolute Gasteiger partial charge is 0.355 e. The van der Waals surface area contributed by atoms with Gasteiger partial charge in [-0.15, -0.1) is 11.3 Å². The molecule has 3 rings (SSSR count). The molecule has 1 aromatic heterocycles. The molecule has 1 heterocycles. The molecule has 1 aliphatic rings. The van der Waals surface area contributed by atoms with Crippen LogP contribution in [0.1, 0.15) is 32.4 Å². The van der Waals surface area contributed by atoms with Crippen LogP contribution in [0.25, 0.3) is 0 Å². The number of hydrogen-bond donors (Lipinski definition) is 2. The molecule has 0 aliphatic heterocycles. The Bertz CT molecular complexity index is 820. The first kappa shape index (κ1) is 17.1. The summed E-state index contributed by atoms with van der Waals surface area (Å²) in [6.45, 7) is 0.311. The number of fused-ring (bicyclic) bond motifs is 1. The minimum absolute atomic E-state index is 0.150. The van der Waals surface area contributed by atoms with E-state index in [9.17, 15) is 13.2 Å². The summed E-state index contributed by atoms with van der Waals surface area (Å²) in [4.78, 5) is 17.5. The number of carbonyl (C=O) groups excluding carboxylic acids is 1.